The molecule has 0 aliphatic heterocycles. The second-order valence-corrected chi connectivity index (χ2v) is 4.51. The Balaban J connectivity index is 2.53. The Morgan fingerprint density at radius 1 is 1.26 bits per heavy atom. The number of carbonyl (C=O) groups is 2. The smallest absolute Gasteiger partial charge is 0.280 e. The van der Waals surface area contributed by atoms with E-state index in [0.29, 0.717) is 10.6 Å². The summed E-state index contributed by atoms with van der Waals surface area (Å²) in [6.07, 6.45) is 1.73. The van der Waals surface area contributed by atoms with E-state index >= 15 is 0 Å². The van der Waals surface area contributed by atoms with E-state index in [2.05, 4.69) is 5.10 Å². The van der Waals surface area contributed by atoms with Gasteiger partial charge in [-0.3, -0.25) is 9.59 Å². The highest BCUT2D eigenvalue weighted by Gasteiger charge is 2.23. The van der Waals surface area contributed by atoms with E-state index in [9.17, 15) is 9.59 Å². The molecule has 1 aromatic heterocycles. The molecule has 2 rings (SSSR count). The molecule has 0 saturated carbocycles. The van der Waals surface area contributed by atoms with Crippen LogP contribution in [0, 0.1) is 0 Å². The van der Waals surface area contributed by atoms with Crippen molar-refractivity contribution in [1.29, 1.82) is 0 Å². The van der Waals surface area contributed by atoms with Crippen LogP contribution in [0.2, 0.25) is 0 Å². The van der Waals surface area contributed by atoms with Crippen LogP contribution < -0.4 is 11.5 Å². The third kappa shape index (κ3) is 2.32. The molecule has 0 unspecified atom stereocenters. The Kier molecular flexibility index (Phi) is 3.57. The minimum absolute atomic E-state index is 0.0364. The van der Waals surface area contributed by atoms with Crippen LogP contribution in [0.3, 0.4) is 0 Å². The van der Waals surface area contributed by atoms with E-state index in [1.807, 2.05) is 0 Å². The number of benzene rings is 1. The summed E-state index contributed by atoms with van der Waals surface area (Å²) < 4.78 is 1.00. The highest BCUT2D eigenvalue weighted by molar-refractivity contribution is 7.98. The summed E-state index contributed by atoms with van der Waals surface area (Å²) in [5, 5.41) is 4.37. The van der Waals surface area contributed by atoms with Gasteiger partial charge in [0, 0.05) is 5.56 Å². The Labute approximate surface area is 113 Å². The van der Waals surface area contributed by atoms with E-state index in [1.54, 1.807) is 36.6 Å². The maximum atomic E-state index is 12.2. The number of aromatic nitrogens is 2. The molecule has 0 radical (unpaired) electrons. The molecule has 98 valence electrons. The van der Waals surface area contributed by atoms with Crippen LogP contribution in [0.25, 0.3) is 0 Å². The molecule has 19 heavy (non-hydrogen) atoms. The number of hydrogen-bond acceptors (Lipinski definition) is 5. The zero-order chi connectivity index (χ0) is 14.0. The Morgan fingerprint density at radius 3 is 2.37 bits per heavy atom. The molecule has 0 aliphatic carbocycles. The first-order chi connectivity index (χ1) is 9.06. The summed E-state index contributed by atoms with van der Waals surface area (Å²) in [4.78, 5) is 23.6. The number of nitrogen functional groups attached to an aromatic ring is 1. The van der Waals surface area contributed by atoms with E-state index < -0.39 is 11.8 Å². The lowest BCUT2D eigenvalue weighted by molar-refractivity contribution is 0.0946. The number of thioether (sulfide) groups is 1. The van der Waals surface area contributed by atoms with Gasteiger partial charge in [0.25, 0.3) is 11.8 Å². The number of nitrogens with two attached hydrogens (primary N) is 2. The molecule has 0 aliphatic rings. The van der Waals surface area contributed by atoms with Crippen molar-refractivity contribution < 1.29 is 9.59 Å². The first-order valence-electron chi connectivity index (χ1n) is 5.38. The molecule has 6 nitrogen and oxygen atoms in total. The van der Waals surface area contributed by atoms with Gasteiger partial charge in [-0.25, -0.2) is 0 Å². The highest BCUT2D eigenvalue weighted by atomic mass is 32.2. The van der Waals surface area contributed by atoms with Gasteiger partial charge < -0.3 is 11.5 Å². The zero-order valence-corrected chi connectivity index (χ0v) is 11.0. The molecule has 1 aromatic carbocycles. The summed E-state index contributed by atoms with van der Waals surface area (Å²) in [5.41, 5.74) is 11.5. The van der Waals surface area contributed by atoms with Gasteiger partial charge in [0.1, 0.15) is 16.4 Å². The fraction of sp³-hybridized carbons (Fsp3) is 0.0833. The summed E-state index contributed by atoms with van der Waals surface area (Å²) in [6, 6.07) is 8.55. The lowest BCUT2D eigenvalue weighted by Gasteiger charge is -2.02. The van der Waals surface area contributed by atoms with Crippen LogP contribution >= 0.6 is 11.8 Å². The van der Waals surface area contributed by atoms with Gasteiger partial charge in [0.15, 0.2) is 0 Å². The quantitative estimate of drug-likeness (QED) is 0.813. The van der Waals surface area contributed by atoms with E-state index in [-0.39, 0.29) is 11.4 Å². The second-order valence-electron chi connectivity index (χ2n) is 3.72. The molecule has 7 heteroatoms. The van der Waals surface area contributed by atoms with Gasteiger partial charge in [0.05, 0.1) is 0 Å². The number of anilines is 1. The maximum absolute atomic E-state index is 12.2. The fourth-order valence-electron chi connectivity index (χ4n) is 1.64. The summed E-state index contributed by atoms with van der Waals surface area (Å²) in [7, 11) is 0. The van der Waals surface area contributed by atoms with Gasteiger partial charge >= 0.3 is 0 Å². The molecule has 0 spiro atoms. The van der Waals surface area contributed by atoms with Crippen molar-refractivity contribution in [3.63, 3.8) is 0 Å². The predicted octanol–water partition coefficient (Wildman–Crippen LogP) is 0.975. The van der Waals surface area contributed by atoms with Crippen molar-refractivity contribution in [1.82, 2.24) is 9.78 Å². The van der Waals surface area contributed by atoms with E-state index in [4.69, 9.17) is 11.5 Å². The Hall–Kier alpha value is -2.28. The van der Waals surface area contributed by atoms with Gasteiger partial charge in [-0.1, -0.05) is 18.2 Å². The Bertz CT molecular complexity index is 637. The molecular weight excluding hydrogens is 264 g/mol. The minimum atomic E-state index is -0.700. The van der Waals surface area contributed by atoms with Crippen LogP contribution in [-0.4, -0.2) is 27.9 Å². The summed E-state index contributed by atoms with van der Waals surface area (Å²) in [6.45, 7) is 0. The summed E-state index contributed by atoms with van der Waals surface area (Å²) >= 11 is 1.21. The van der Waals surface area contributed by atoms with Crippen molar-refractivity contribution >= 4 is 29.4 Å². The SMILES string of the molecule is CSc1nn(C(=O)c2ccccc2)c(N)c1C(N)=O. The van der Waals surface area contributed by atoms with Crippen LogP contribution in [0.4, 0.5) is 5.82 Å². The van der Waals surface area contributed by atoms with Gasteiger partial charge in [-0.15, -0.1) is 11.8 Å². The van der Waals surface area contributed by atoms with E-state index in [0.717, 1.165) is 4.68 Å². The molecule has 2 aromatic rings. The molecule has 0 atom stereocenters. The van der Waals surface area contributed by atoms with Gasteiger partial charge in [-0.05, 0) is 18.4 Å². The van der Waals surface area contributed by atoms with Crippen LogP contribution in [-0.2, 0) is 0 Å². The van der Waals surface area contributed by atoms with Gasteiger partial charge in [0.2, 0.25) is 0 Å². The molecular formula is C12H12N4O2S. The third-order valence-corrected chi connectivity index (χ3v) is 3.21. The molecule has 1 amide bonds. The monoisotopic (exact) mass is 276 g/mol. The number of rotatable bonds is 3. The van der Waals surface area contributed by atoms with Crippen LogP contribution in [0.15, 0.2) is 35.4 Å². The standard InChI is InChI=1S/C12H12N4O2S/c1-19-11-8(10(14)17)9(13)16(15-11)12(18)7-5-3-2-4-6-7/h2-6H,13H2,1H3,(H2,14,17). The number of amides is 1. The van der Waals surface area contributed by atoms with Crippen molar-refractivity contribution in [2.45, 2.75) is 5.03 Å². The summed E-state index contributed by atoms with van der Waals surface area (Å²) in [5.74, 6) is -1.14. The topological polar surface area (TPSA) is 104 Å². The largest absolute Gasteiger partial charge is 0.383 e. The van der Waals surface area contributed by atoms with Crippen LogP contribution in [0.1, 0.15) is 20.7 Å². The number of nitrogens with zero attached hydrogens (tertiary/aromatic N) is 2. The second kappa shape index (κ2) is 5.15. The lowest BCUT2D eigenvalue weighted by Crippen LogP contribution is -2.18. The van der Waals surface area contributed by atoms with Gasteiger partial charge in [-0.2, -0.15) is 9.78 Å². The van der Waals surface area contributed by atoms with Crippen molar-refractivity contribution in [2.75, 3.05) is 12.0 Å². The molecule has 0 fully saturated rings. The Morgan fingerprint density at radius 2 is 1.89 bits per heavy atom. The lowest BCUT2D eigenvalue weighted by atomic mass is 10.2. The normalized spacial score (nSPS) is 10.4. The molecule has 4 N–H and O–H groups in total. The number of hydrogen-bond donors (Lipinski definition) is 2. The van der Waals surface area contributed by atoms with Crippen molar-refractivity contribution in [2.24, 2.45) is 5.73 Å². The number of primary amides is 1. The van der Waals surface area contributed by atoms with Crippen molar-refractivity contribution in [3.05, 3.63) is 41.5 Å². The molecule has 0 saturated heterocycles. The molecule has 0 bridgehead atoms. The first-order valence-corrected chi connectivity index (χ1v) is 6.60. The molecule has 1 heterocycles. The van der Waals surface area contributed by atoms with Crippen LogP contribution in [0.5, 0.6) is 0 Å². The average molecular weight is 276 g/mol. The first kappa shape index (κ1) is 13.2. The van der Waals surface area contributed by atoms with Crippen molar-refractivity contribution in [3.8, 4) is 0 Å². The minimum Gasteiger partial charge on any atom is -0.383 e. The highest BCUT2D eigenvalue weighted by Crippen LogP contribution is 2.24. The fourth-order valence-corrected chi connectivity index (χ4v) is 2.22. The average Bonchev–Trinajstić information content (AvgIpc) is 2.76. The number of carbonyl (C=O) groups excluding carboxylic acids is 2. The maximum Gasteiger partial charge on any atom is 0.280 e. The third-order valence-electron chi connectivity index (χ3n) is 2.54. The zero-order valence-electron chi connectivity index (χ0n) is 10.2. The van der Waals surface area contributed by atoms with E-state index in [1.165, 1.54) is 11.8 Å². The predicted molar refractivity (Wildman–Crippen MR) is 73.1 cm³/mol.